The van der Waals surface area contributed by atoms with E-state index in [1.165, 1.54) is 0 Å². The largest absolute Gasteiger partial charge is 0.493 e. The first kappa shape index (κ1) is 19.0. The number of rotatable bonds is 6. The fraction of sp³-hybridized carbons (Fsp3) is 0.318. The van der Waals surface area contributed by atoms with Crippen molar-refractivity contribution in [2.75, 3.05) is 27.4 Å². The summed E-state index contributed by atoms with van der Waals surface area (Å²) in [5.74, 6) is 1.89. The number of fused-ring (bicyclic) bond motifs is 1. The van der Waals surface area contributed by atoms with Crippen molar-refractivity contribution in [3.05, 3.63) is 42.6 Å². The molecule has 1 aromatic carbocycles. The number of hydrogen-bond acceptors (Lipinski definition) is 6. The van der Waals surface area contributed by atoms with Crippen molar-refractivity contribution >= 4 is 16.8 Å². The van der Waals surface area contributed by atoms with E-state index in [1.54, 1.807) is 20.4 Å². The second kappa shape index (κ2) is 7.95. The van der Waals surface area contributed by atoms with Gasteiger partial charge in [0.15, 0.2) is 11.5 Å². The molecule has 1 fully saturated rings. The summed E-state index contributed by atoms with van der Waals surface area (Å²) < 4.78 is 16.8. The molecule has 0 radical (unpaired) electrons. The van der Waals surface area contributed by atoms with Gasteiger partial charge in [0, 0.05) is 30.1 Å². The Kier molecular flexibility index (Phi) is 5.20. The Labute approximate surface area is 169 Å². The molecule has 3 heterocycles. The Morgan fingerprint density at radius 1 is 1.14 bits per heavy atom. The number of nitrogens with zero attached hydrogens (tertiary/aromatic N) is 2. The van der Waals surface area contributed by atoms with Crippen LogP contribution in [-0.2, 0) is 4.79 Å². The quantitative estimate of drug-likeness (QED) is 0.693. The summed E-state index contributed by atoms with van der Waals surface area (Å²) in [5.41, 5.74) is 2.38. The van der Waals surface area contributed by atoms with Gasteiger partial charge >= 0.3 is 0 Å². The topological polar surface area (TPSA) is 82.6 Å². The number of hydrogen-bond donors (Lipinski definition) is 1. The van der Waals surface area contributed by atoms with Crippen LogP contribution in [0, 0.1) is 11.8 Å². The summed E-state index contributed by atoms with van der Waals surface area (Å²) in [7, 11) is 3.20. The zero-order valence-corrected chi connectivity index (χ0v) is 16.6. The Bertz CT molecular complexity index is 1050. The van der Waals surface area contributed by atoms with Crippen LogP contribution in [-0.4, -0.2) is 43.2 Å². The van der Waals surface area contributed by atoms with Gasteiger partial charge in [0.05, 0.1) is 37.4 Å². The number of methoxy groups -OCH3 is 2. The van der Waals surface area contributed by atoms with Gasteiger partial charge in [-0.2, -0.15) is 0 Å². The molecule has 0 saturated carbocycles. The maximum absolute atomic E-state index is 11.7. The number of aromatic nitrogens is 2. The number of pyridine rings is 2. The van der Waals surface area contributed by atoms with Gasteiger partial charge in [-0.3, -0.25) is 9.78 Å². The molecule has 1 amide bonds. The number of nitrogens with one attached hydrogen (secondary N) is 1. The number of ether oxygens (including phenoxy) is 3. The van der Waals surface area contributed by atoms with Crippen molar-refractivity contribution in [2.45, 2.75) is 6.92 Å². The maximum Gasteiger partial charge on any atom is 0.223 e. The van der Waals surface area contributed by atoms with E-state index in [0.717, 1.165) is 22.2 Å². The van der Waals surface area contributed by atoms with Crippen LogP contribution in [0.3, 0.4) is 0 Å². The summed E-state index contributed by atoms with van der Waals surface area (Å²) in [4.78, 5) is 21.0. The molecule has 3 aromatic rings. The standard InChI is InChI=1S/C22H23N3O4/c1-13-15(11-24-21(13)26)12-29-22-16-5-4-8-23-18(16)10-17(25-22)14-6-7-19(27-2)20(9-14)28-3/h4-10,13,15H,11-12H2,1-3H3,(H,24,26)/t13-,15-/m1/s1. The van der Waals surface area contributed by atoms with Crippen LogP contribution in [0.5, 0.6) is 17.4 Å². The van der Waals surface area contributed by atoms with Crippen LogP contribution < -0.4 is 19.5 Å². The maximum atomic E-state index is 11.7. The van der Waals surface area contributed by atoms with Gasteiger partial charge in [0.2, 0.25) is 11.8 Å². The fourth-order valence-corrected chi connectivity index (χ4v) is 3.47. The first-order valence-corrected chi connectivity index (χ1v) is 9.49. The summed E-state index contributed by atoms with van der Waals surface area (Å²) in [6, 6.07) is 11.4. The predicted molar refractivity (Wildman–Crippen MR) is 109 cm³/mol. The predicted octanol–water partition coefficient (Wildman–Crippen LogP) is 3.07. The molecular weight excluding hydrogens is 370 g/mol. The zero-order chi connectivity index (χ0) is 20.4. The second-order valence-corrected chi connectivity index (χ2v) is 7.06. The Morgan fingerprint density at radius 2 is 1.97 bits per heavy atom. The summed E-state index contributed by atoms with van der Waals surface area (Å²) in [5, 5.41) is 3.71. The molecule has 7 nitrogen and oxygen atoms in total. The molecule has 0 unspecified atom stereocenters. The lowest BCUT2D eigenvalue weighted by atomic mass is 9.99. The number of carbonyl (C=O) groups excluding carboxylic acids is 1. The van der Waals surface area contributed by atoms with Crippen LogP contribution in [0.2, 0.25) is 0 Å². The monoisotopic (exact) mass is 393 g/mol. The van der Waals surface area contributed by atoms with E-state index in [0.29, 0.717) is 30.5 Å². The average Bonchev–Trinajstić information content (AvgIpc) is 3.08. The first-order chi connectivity index (χ1) is 14.1. The summed E-state index contributed by atoms with van der Waals surface area (Å²) in [6.07, 6.45) is 1.74. The minimum absolute atomic E-state index is 0.0668. The Balaban J connectivity index is 1.70. The third-order valence-electron chi connectivity index (χ3n) is 5.34. The molecule has 0 spiro atoms. The van der Waals surface area contributed by atoms with E-state index in [9.17, 15) is 4.79 Å². The second-order valence-electron chi connectivity index (χ2n) is 7.06. The van der Waals surface area contributed by atoms with Crippen LogP contribution in [0.4, 0.5) is 0 Å². The van der Waals surface area contributed by atoms with Gasteiger partial charge in [0.1, 0.15) is 0 Å². The van der Waals surface area contributed by atoms with Crippen LogP contribution in [0.15, 0.2) is 42.6 Å². The van der Waals surface area contributed by atoms with Crippen LogP contribution in [0.25, 0.3) is 22.2 Å². The number of benzene rings is 1. The third-order valence-corrected chi connectivity index (χ3v) is 5.34. The minimum atomic E-state index is -0.0755. The van der Waals surface area contributed by atoms with Crippen molar-refractivity contribution in [1.29, 1.82) is 0 Å². The molecule has 2 aromatic heterocycles. The Hall–Kier alpha value is -3.35. The number of carbonyl (C=O) groups is 1. The lowest BCUT2D eigenvalue weighted by Gasteiger charge is -2.16. The van der Waals surface area contributed by atoms with Gasteiger partial charge in [-0.05, 0) is 36.4 Å². The van der Waals surface area contributed by atoms with E-state index in [4.69, 9.17) is 19.2 Å². The van der Waals surface area contributed by atoms with Crippen molar-refractivity contribution in [2.24, 2.45) is 11.8 Å². The lowest BCUT2D eigenvalue weighted by molar-refractivity contribution is -0.122. The summed E-state index contributed by atoms with van der Waals surface area (Å²) in [6.45, 7) is 2.95. The van der Waals surface area contributed by atoms with Gasteiger partial charge in [-0.1, -0.05) is 6.92 Å². The average molecular weight is 393 g/mol. The highest BCUT2D eigenvalue weighted by atomic mass is 16.5. The van der Waals surface area contributed by atoms with Crippen molar-refractivity contribution in [3.8, 4) is 28.6 Å². The van der Waals surface area contributed by atoms with Gasteiger partial charge < -0.3 is 19.5 Å². The molecule has 150 valence electrons. The SMILES string of the molecule is COc1ccc(-c2cc3ncccc3c(OC[C@H]3CNC(=O)[C@@H]3C)n2)cc1OC. The highest BCUT2D eigenvalue weighted by Crippen LogP contribution is 2.34. The molecular formula is C22H23N3O4. The van der Waals surface area contributed by atoms with E-state index >= 15 is 0 Å². The van der Waals surface area contributed by atoms with E-state index in [1.807, 2.05) is 43.3 Å². The van der Waals surface area contributed by atoms with E-state index in [-0.39, 0.29) is 17.7 Å². The number of amides is 1. The molecule has 4 rings (SSSR count). The van der Waals surface area contributed by atoms with E-state index in [2.05, 4.69) is 10.3 Å². The minimum Gasteiger partial charge on any atom is -0.493 e. The smallest absolute Gasteiger partial charge is 0.223 e. The molecule has 1 aliphatic heterocycles. The normalized spacial score (nSPS) is 18.5. The molecule has 1 aliphatic rings. The van der Waals surface area contributed by atoms with Gasteiger partial charge in [0.25, 0.3) is 0 Å². The van der Waals surface area contributed by atoms with Crippen molar-refractivity contribution in [1.82, 2.24) is 15.3 Å². The molecule has 2 atom stereocenters. The first-order valence-electron chi connectivity index (χ1n) is 9.49. The molecule has 29 heavy (non-hydrogen) atoms. The third kappa shape index (κ3) is 3.68. The fourth-order valence-electron chi connectivity index (χ4n) is 3.47. The molecule has 7 heteroatoms. The Morgan fingerprint density at radius 3 is 2.69 bits per heavy atom. The van der Waals surface area contributed by atoms with Crippen LogP contribution >= 0.6 is 0 Å². The molecule has 0 bridgehead atoms. The molecule has 1 saturated heterocycles. The van der Waals surface area contributed by atoms with E-state index < -0.39 is 0 Å². The van der Waals surface area contributed by atoms with Crippen molar-refractivity contribution < 1.29 is 19.0 Å². The zero-order valence-electron chi connectivity index (χ0n) is 16.6. The highest BCUT2D eigenvalue weighted by Gasteiger charge is 2.31. The lowest BCUT2D eigenvalue weighted by Crippen LogP contribution is -2.20. The van der Waals surface area contributed by atoms with Gasteiger partial charge in [-0.15, -0.1) is 0 Å². The van der Waals surface area contributed by atoms with Crippen molar-refractivity contribution in [3.63, 3.8) is 0 Å². The highest BCUT2D eigenvalue weighted by molar-refractivity contribution is 5.87. The molecule has 1 N–H and O–H groups in total. The van der Waals surface area contributed by atoms with Gasteiger partial charge in [-0.25, -0.2) is 4.98 Å². The van der Waals surface area contributed by atoms with Crippen LogP contribution in [0.1, 0.15) is 6.92 Å². The molecule has 0 aliphatic carbocycles. The summed E-state index contributed by atoms with van der Waals surface area (Å²) >= 11 is 0.